The first kappa shape index (κ1) is 20.5. The molecule has 0 aromatic heterocycles. The van der Waals surface area contributed by atoms with Crippen molar-refractivity contribution in [3.05, 3.63) is 87.6 Å². The predicted octanol–water partition coefficient (Wildman–Crippen LogP) is 4.45. The van der Waals surface area contributed by atoms with Crippen molar-refractivity contribution in [2.24, 2.45) is 0 Å². The van der Waals surface area contributed by atoms with Gasteiger partial charge in [0.25, 0.3) is 0 Å². The summed E-state index contributed by atoms with van der Waals surface area (Å²) in [5, 5.41) is 22.1. The van der Waals surface area contributed by atoms with Crippen LogP contribution < -0.4 is 10.1 Å². The van der Waals surface area contributed by atoms with Gasteiger partial charge in [-0.2, -0.15) is 0 Å². The summed E-state index contributed by atoms with van der Waals surface area (Å²) >= 11 is 0. The van der Waals surface area contributed by atoms with Crippen LogP contribution in [0.4, 0.5) is 5.69 Å². The standard InChI is InChI=1S/C26H25NO4Si/c1-32(2)22-7-4-3-6-19(22)24(20-11-9-17(15-23(20)32)27-12-5-13-27)21-14-16(25(28)29)8-10-18(21)26(30)31/h3,6-11,14-15H,4-5,12-13H2,1-2H3,(H,28,29)(H,30,31). The number of nitrogens with zero attached hydrogens (tertiary/aromatic N) is 1. The van der Waals surface area contributed by atoms with E-state index in [1.54, 1.807) is 0 Å². The average molecular weight is 444 g/mol. The van der Waals surface area contributed by atoms with Crippen LogP contribution in [-0.2, 0) is 0 Å². The molecule has 0 spiro atoms. The Morgan fingerprint density at radius 3 is 2.41 bits per heavy atom. The Bertz CT molecular complexity index is 1260. The number of anilines is 1. The maximum atomic E-state index is 12.1. The molecule has 2 heterocycles. The zero-order valence-electron chi connectivity index (χ0n) is 18.2. The fourth-order valence-electron chi connectivity index (χ4n) is 5.07. The van der Waals surface area contributed by atoms with Crippen molar-refractivity contribution in [2.75, 3.05) is 18.0 Å². The van der Waals surface area contributed by atoms with E-state index in [0.717, 1.165) is 36.2 Å². The van der Waals surface area contributed by atoms with Gasteiger partial charge >= 0.3 is 11.9 Å². The number of hydrogen-bond donors (Lipinski definition) is 2. The first-order valence-electron chi connectivity index (χ1n) is 10.9. The smallest absolute Gasteiger partial charge is 0.336 e. The fourth-order valence-corrected chi connectivity index (χ4v) is 8.26. The molecule has 0 radical (unpaired) electrons. The van der Waals surface area contributed by atoms with Crippen molar-refractivity contribution in [3.8, 4) is 0 Å². The van der Waals surface area contributed by atoms with E-state index < -0.39 is 20.0 Å². The van der Waals surface area contributed by atoms with Gasteiger partial charge in [0.15, 0.2) is 0 Å². The first-order chi connectivity index (χ1) is 15.3. The summed E-state index contributed by atoms with van der Waals surface area (Å²) < 4.78 is 0. The Morgan fingerprint density at radius 1 is 0.969 bits per heavy atom. The van der Waals surface area contributed by atoms with Crippen LogP contribution in [0, 0.1) is 0 Å². The second-order valence-corrected chi connectivity index (χ2v) is 13.4. The lowest BCUT2D eigenvalue weighted by Crippen LogP contribution is -2.50. The largest absolute Gasteiger partial charge is 0.478 e. The quantitative estimate of drug-likeness (QED) is 0.683. The molecule has 6 heteroatoms. The first-order valence-corrected chi connectivity index (χ1v) is 13.9. The summed E-state index contributed by atoms with van der Waals surface area (Å²) in [6, 6.07) is 10.8. The Kier molecular flexibility index (Phi) is 4.71. The van der Waals surface area contributed by atoms with E-state index in [-0.39, 0.29) is 11.1 Å². The van der Waals surface area contributed by atoms with Gasteiger partial charge in [-0.05, 0) is 70.6 Å². The number of carboxylic acids is 2. The van der Waals surface area contributed by atoms with Crippen molar-refractivity contribution < 1.29 is 19.8 Å². The molecule has 1 saturated heterocycles. The molecule has 2 aromatic carbocycles. The molecule has 0 unspecified atom stereocenters. The molecule has 0 bridgehead atoms. The van der Waals surface area contributed by atoms with Gasteiger partial charge in [-0.1, -0.05) is 42.6 Å². The van der Waals surface area contributed by atoms with Crippen LogP contribution in [0.2, 0.25) is 13.1 Å². The molecule has 2 N–H and O–H groups in total. The normalized spacial score (nSPS) is 18.4. The van der Waals surface area contributed by atoms with Gasteiger partial charge in [-0.15, -0.1) is 0 Å². The van der Waals surface area contributed by atoms with Gasteiger partial charge in [0.2, 0.25) is 0 Å². The van der Waals surface area contributed by atoms with Crippen molar-refractivity contribution in [1.29, 1.82) is 0 Å². The molecule has 2 aromatic rings. The molecule has 3 aliphatic rings. The molecule has 0 atom stereocenters. The third kappa shape index (κ3) is 3.05. The van der Waals surface area contributed by atoms with Crippen LogP contribution in [0.25, 0.3) is 5.57 Å². The molecule has 1 aliphatic carbocycles. The van der Waals surface area contributed by atoms with Crippen molar-refractivity contribution in [2.45, 2.75) is 25.9 Å². The number of carboxylic acid groups (broad SMARTS) is 2. The predicted molar refractivity (Wildman–Crippen MR) is 129 cm³/mol. The number of hydrogen-bond acceptors (Lipinski definition) is 3. The van der Waals surface area contributed by atoms with E-state index in [1.165, 1.54) is 40.7 Å². The zero-order valence-corrected chi connectivity index (χ0v) is 19.2. The van der Waals surface area contributed by atoms with Crippen LogP contribution in [0.15, 0.2) is 65.4 Å². The van der Waals surface area contributed by atoms with Gasteiger partial charge in [-0.25, -0.2) is 9.59 Å². The summed E-state index contributed by atoms with van der Waals surface area (Å²) in [4.78, 5) is 26.2. The summed E-state index contributed by atoms with van der Waals surface area (Å²) in [6.45, 7) is 6.81. The number of aromatic carboxylic acids is 2. The minimum Gasteiger partial charge on any atom is -0.478 e. The molecule has 5 rings (SSSR count). The Hall–Kier alpha value is -3.38. The number of fused-ring (bicyclic) bond motifs is 2. The van der Waals surface area contributed by atoms with Gasteiger partial charge in [0.1, 0.15) is 8.07 Å². The minimum atomic E-state index is -2.03. The third-order valence-corrected chi connectivity index (χ3v) is 10.5. The lowest BCUT2D eigenvalue weighted by molar-refractivity contribution is 0.0681. The number of allylic oxidation sites excluding steroid dienone is 5. The summed E-state index contributed by atoms with van der Waals surface area (Å²) in [5.74, 6) is -2.13. The Balaban J connectivity index is 1.83. The number of rotatable bonds is 4. The zero-order chi connectivity index (χ0) is 22.6. The maximum Gasteiger partial charge on any atom is 0.336 e. The summed E-state index contributed by atoms with van der Waals surface area (Å²) in [6.07, 6.45) is 8.50. The van der Waals surface area contributed by atoms with Crippen LogP contribution in [0.1, 0.15) is 44.7 Å². The van der Waals surface area contributed by atoms with Gasteiger partial charge in [0, 0.05) is 18.8 Å². The summed E-state index contributed by atoms with van der Waals surface area (Å²) in [5.41, 5.74) is 4.76. The van der Waals surface area contributed by atoms with E-state index in [0.29, 0.717) is 5.56 Å². The molecule has 32 heavy (non-hydrogen) atoms. The van der Waals surface area contributed by atoms with Crippen LogP contribution in [0.3, 0.4) is 0 Å². The molecular formula is C26H25NO4Si. The topological polar surface area (TPSA) is 77.8 Å². The lowest BCUT2D eigenvalue weighted by atomic mass is 9.86. The maximum absolute atomic E-state index is 12.1. The fraction of sp³-hybridized carbons (Fsp3) is 0.231. The molecule has 0 amide bonds. The Morgan fingerprint density at radius 2 is 1.75 bits per heavy atom. The van der Waals surface area contributed by atoms with Gasteiger partial charge in [0.05, 0.1) is 11.1 Å². The molecule has 5 nitrogen and oxygen atoms in total. The van der Waals surface area contributed by atoms with Crippen molar-refractivity contribution in [3.63, 3.8) is 0 Å². The SMILES string of the molecule is C[Si]1(C)C2=CCC=CC2=C(c2cc(C(=O)O)ccc2C(=O)O)c2ccc(N3CCC3)cc21. The van der Waals surface area contributed by atoms with Gasteiger partial charge in [-0.3, -0.25) is 0 Å². The van der Waals surface area contributed by atoms with Crippen molar-refractivity contribution >= 4 is 36.5 Å². The molecule has 0 saturated carbocycles. The van der Waals surface area contributed by atoms with Crippen LogP contribution >= 0.6 is 0 Å². The van der Waals surface area contributed by atoms with E-state index in [1.807, 2.05) is 0 Å². The van der Waals surface area contributed by atoms with E-state index in [9.17, 15) is 19.8 Å². The molecule has 162 valence electrons. The highest BCUT2D eigenvalue weighted by atomic mass is 28.3. The molecule has 1 fully saturated rings. The number of benzene rings is 2. The van der Waals surface area contributed by atoms with E-state index in [4.69, 9.17) is 0 Å². The molecular weight excluding hydrogens is 418 g/mol. The van der Waals surface area contributed by atoms with Gasteiger partial charge < -0.3 is 15.1 Å². The monoisotopic (exact) mass is 443 g/mol. The second-order valence-electron chi connectivity index (χ2n) is 9.11. The summed E-state index contributed by atoms with van der Waals surface area (Å²) in [7, 11) is -2.03. The van der Waals surface area contributed by atoms with E-state index >= 15 is 0 Å². The van der Waals surface area contributed by atoms with Crippen LogP contribution in [0.5, 0.6) is 0 Å². The van der Waals surface area contributed by atoms with Crippen LogP contribution in [-0.4, -0.2) is 43.3 Å². The minimum absolute atomic E-state index is 0.0873. The highest BCUT2D eigenvalue weighted by Crippen LogP contribution is 2.43. The lowest BCUT2D eigenvalue weighted by Gasteiger charge is -2.40. The Labute approximate surface area is 188 Å². The number of carbonyl (C=O) groups is 2. The van der Waals surface area contributed by atoms with E-state index in [2.05, 4.69) is 54.4 Å². The van der Waals surface area contributed by atoms with Crippen molar-refractivity contribution in [1.82, 2.24) is 0 Å². The average Bonchev–Trinajstić information content (AvgIpc) is 2.73. The highest BCUT2D eigenvalue weighted by Gasteiger charge is 2.40. The third-order valence-electron chi connectivity index (χ3n) is 6.91. The highest BCUT2D eigenvalue weighted by molar-refractivity contribution is 6.97. The second kappa shape index (κ2) is 7.34. The molecule has 2 aliphatic heterocycles.